The molecule has 3 aromatic rings. The van der Waals surface area contributed by atoms with Crippen LogP contribution in [0.3, 0.4) is 0 Å². The van der Waals surface area contributed by atoms with E-state index in [2.05, 4.69) is 20.1 Å². The molecule has 0 atom stereocenters. The van der Waals surface area contributed by atoms with Gasteiger partial charge in [-0.05, 0) is 24.6 Å². The van der Waals surface area contributed by atoms with E-state index in [4.69, 9.17) is 0 Å². The second-order valence-electron chi connectivity index (χ2n) is 5.73. The monoisotopic (exact) mass is 350 g/mol. The molecule has 1 amide bonds. The Morgan fingerprint density at radius 3 is 2.58 bits per heavy atom. The number of carbonyl (C=O) groups is 2. The Hall–Kier alpha value is -3.48. The Kier molecular flexibility index (Phi) is 4.79. The van der Waals surface area contributed by atoms with E-state index in [0.717, 1.165) is 16.8 Å². The molecule has 0 bridgehead atoms. The van der Waals surface area contributed by atoms with Crippen LogP contribution in [0.1, 0.15) is 26.4 Å². The molecule has 1 aromatic carbocycles. The first kappa shape index (κ1) is 17.3. The van der Waals surface area contributed by atoms with Crippen molar-refractivity contribution in [3.05, 3.63) is 65.5 Å². The second-order valence-corrected chi connectivity index (χ2v) is 5.73. The van der Waals surface area contributed by atoms with Crippen LogP contribution in [-0.4, -0.2) is 33.8 Å². The number of pyridine rings is 1. The molecule has 0 aliphatic rings. The minimum atomic E-state index is -0.501. The van der Waals surface area contributed by atoms with Crippen molar-refractivity contribution in [3.63, 3.8) is 0 Å². The maximum atomic E-state index is 12.4. The average molecular weight is 350 g/mol. The molecule has 132 valence electrons. The van der Waals surface area contributed by atoms with Crippen LogP contribution in [0.25, 0.3) is 11.3 Å². The highest BCUT2D eigenvalue weighted by Gasteiger charge is 2.14. The van der Waals surface area contributed by atoms with Gasteiger partial charge in [-0.15, -0.1) is 0 Å². The van der Waals surface area contributed by atoms with Crippen molar-refractivity contribution in [1.82, 2.24) is 14.8 Å². The van der Waals surface area contributed by atoms with E-state index in [9.17, 15) is 9.59 Å². The lowest BCUT2D eigenvalue weighted by Gasteiger charge is -2.05. The Labute approximate surface area is 150 Å². The number of nitrogens with zero attached hydrogens (tertiary/aromatic N) is 3. The number of hydrogen-bond acceptors (Lipinski definition) is 5. The third kappa shape index (κ3) is 3.46. The van der Waals surface area contributed by atoms with Gasteiger partial charge in [-0.2, -0.15) is 5.10 Å². The van der Waals surface area contributed by atoms with Crippen molar-refractivity contribution in [3.8, 4) is 11.3 Å². The SMILES string of the molecule is COC(=O)c1ccc(C(=O)Nc2cc(-c3ccccc3C)nn2C)nc1. The van der Waals surface area contributed by atoms with Gasteiger partial charge in [0.05, 0.1) is 18.4 Å². The van der Waals surface area contributed by atoms with Crippen LogP contribution in [0.5, 0.6) is 0 Å². The number of benzene rings is 1. The zero-order chi connectivity index (χ0) is 18.7. The minimum absolute atomic E-state index is 0.191. The lowest BCUT2D eigenvalue weighted by atomic mass is 10.1. The smallest absolute Gasteiger partial charge is 0.339 e. The third-order valence-corrected chi connectivity index (χ3v) is 3.96. The summed E-state index contributed by atoms with van der Waals surface area (Å²) in [5, 5.41) is 7.24. The van der Waals surface area contributed by atoms with Crippen LogP contribution in [0.4, 0.5) is 5.82 Å². The second kappa shape index (κ2) is 7.18. The molecular weight excluding hydrogens is 332 g/mol. The molecule has 7 heteroatoms. The zero-order valence-electron chi connectivity index (χ0n) is 14.7. The molecule has 3 rings (SSSR count). The van der Waals surface area contributed by atoms with Crippen LogP contribution in [0.2, 0.25) is 0 Å². The van der Waals surface area contributed by atoms with E-state index in [1.165, 1.54) is 25.4 Å². The van der Waals surface area contributed by atoms with Crippen molar-refractivity contribution in [1.29, 1.82) is 0 Å². The molecule has 7 nitrogen and oxygen atoms in total. The van der Waals surface area contributed by atoms with E-state index >= 15 is 0 Å². The summed E-state index contributed by atoms with van der Waals surface area (Å²) >= 11 is 0. The molecular formula is C19H18N4O3. The summed E-state index contributed by atoms with van der Waals surface area (Å²) in [6.07, 6.45) is 1.31. The summed E-state index contributed by atoms with van der Waals surface area (Å²) < 4.78 is 6.21. The summed E-state index contributed by atoms with van der Waals surface area (Å²) in [5.41, 5.74) is 3.35. The number of hydrogen-bond donors (Lipinski definition) is 1. The highest BCUT2D eigenvalue weighted by Crippen LogP contribution is 2.24. The first-order chi connectivity index (χ1) is 12.5. The van der Waals surface area contributed by atoms with Gasteiger partial charge in [-0.25, -0.2) is 4.79 Å². The highest BCUT2D eigenvalue weighted by molar-refractivity contribution is 6.03. The first-order valence-electron chi connectivity index (χ1n) is 7.95. The molecule has 0 spiro atoms. The maximum Gasteiger partial charge on any atom is 0.339 e. The fourth-order valence-corrected chi connectivity index (χ4v) is 2.52. The summed E-state index contributed by atoms with van der Waals surface area (Å²) in [6, 6.07) is 12.7. The summed E-state index contributed by atoms with van der Waals surface area (Å²) in [7, 11) is 3.04. The van der Waals surface area contributed by atoms with Crippen LogP contribution in [0.15, 0.2) is 48.7 Å². The number of aromatic nitrogens is 3. The van der Waals surface area contributed by atoms with Gasteiger partial charge in [0.25, 0.3) is 5.91 Å². The summed E-state index contributed by atoms with van der Waals surface area (Å²) in [6.45, 7) is 2.01. The number of carbonyl (C=O) groups excluding carboxylic acids is 2. The van der Waals surface area contributed by atoms with Crippen molar-refractivity contribution < 1.29 is 14.3 Å². The lowest BCUT2D eigenvalue weighted by molar-refractivity contribution is 0.0600. The fourth-order valence-electron chi connectivity index (χ4n) is 2.52. The van der Waals surface area contributed by atoms with E-state index in [-0.39, 0.29) is 17.2 Å². The molecule has 0 radical (unpaired) electrons. The van der Waals surface area contributed by atoms with Gasteiger partial charge in [0.2, 0.25) is 0 Å². The number of nitrogens with one attached hydrogen (secondary N) is 1. The van der Waals surface area contributed by atoms with Crippen molar-refractivity contribution in [2.75, 3.05) is 12.4 Å². The number of aryl methyl sites for hydroxylation is 2. The van der Waals surface area contributed by atoms with E-state index in [1.54, 1.807) is 11.7 Å². The molecule has 0 unspecified atom stereocenters. The maximum absolute atomic E-state index is 12.4. The Morgan fingerprint density at radius 2 is 1.92 bits per heavy atom. The Morgan fingerprint density at radius 1 is 1.15 bits per heavy atom. The van der Waals surface area contributed by atoms with E-state index in [1.807, 2.05) is 37.3 Å². The fraction of sp³-hybridized carbons (Fsp3) is 0.158. The summed E-state index contributed by atoms with van der Waals surface area (Å²) in [5.74, 6) is -0.341. The third-order valence-electron chi connectivity index (χ3n) is 3.96. The van der Waals surface area contributed by atoms with Gasteiger partial charge in [0.15, 0.2) is 0 Å². The largest absolute Gasteiger partial charge is 0.465 e. The molecule has 2 aromatic heterocycles. The van der Waals surface area contributed by atoms with E-state index in [0.29, 0.717) is 5.82 Å². The Bertz CT molecular complexity index is 961. The molecule has 0 saturated heterocycles. The molecule has 0 saturated carbocycles. The molecule has 0 aliphatic heterocycles. The quantitative estimate of drug-likeness (QED) is 0.731. The molecule has 1 N–H and O–H groups in total. The molecule has 0 fully saturated rings. The van der Waals surface area contributed by atoms with Gasteiger partial charge in [-0.3, -0.25) is 14.5 Å². The van der Waals surface area contributed by atoms with Gasteiger partial charge >= 0.3 is 5.97 Å². The van der Waals surface area contributed by atoms with Crippen molar-refractivity contribution >= 4 is 17.7 Å². The molecule has 2 heterocycles. The van der Waals surface area contributed by atoms with Gasteiger partial charge in [-0.1, -0.05) is 24.3 Å². The van der Waals surface area contributed by atoms with Crippen LogP contribution in [0, 0.1) is 6.92 Å². The van der Waals surface area contributed by atoms with Crippen molar-refractivity contribution in [2.24, 2.45) is 7.05 Å². The predicted octanol–water partition coefficient (Wildman–Crippen LogP) is 2.83. The predicted molar refractivity (Wildman–Crippen MR) is 96.9 cm³/mol. The van der Waals surface area contributed by atoms with Gasteiger partial charge < -0.3 is 10.1 Å². The zero-order valence-corrected chi connectivity index (χ0v) is 14.7. The number of amides is 1. The number of esters is 1. The Balaban J connectivity index is 1.80. The highest BCUT2D eigenvalue weighted by atomic mass is 16.5. The van der Waals surface area contributed by atoms with Crippen LogP contribution < -0.4 is 5.32 Å². The number of ether oxygens (including phenoxy) is 1. The van der Waals surface area contributed by atoms with E-state index < -0.39 is 5.97 Å². The normalized spacial score (nSPS) is 10.4. The first-order valence-corrected chi connectivity index (χ1v) is 7.95. The average Bonchev–Trinajstić information content (AvgIpc) is 3.01. The van der Waals surface area contributed by atoms with Crippen LogP contribution >= 0.6 is 0 Å². The number of methoxy groups -OCH3 is 1. The van der Waals surface area contributed by atoms with Gasteiger partial charge in [0.1, 0.15) is 11.5 Å². The van der Waals surface area contributed by atoms with Crippen LogP contribution in [-0.2, 0) is 11.8 Å². The van der Waals surface area contributed by atoms with Gasteiger partial charge in [0, 0.05) is 24.9 Å². The lowest BCUT2D eigenvalue weighted by Crippen LogP contribution is -2.16. The minimum Gasteiger partial charge on any atom is -0.465 e. The standard InChI is InChI=1S/C19H18N4O3/c1-12-6-4-5-7-14(12)16-10-17(23(2)22-16)21-18(24)15-9-8-13(11-20-15)19(25)26-3/h4-11H,1-3H3,(H,21,24). The number of rotatable bonds is 4. The number of anilines is 1. The van der Waals surface area contributed by atoms with Crippen molar-refractivity contribution in [2.45, 2.75) is 6.92 Å². The molecule has 26 heavy (non-hydrogen) atoms. The molecule has 0 aliphatic carbocycles. The topological polar surface area (TPSA) is 86.1 Å². The summed E-state index contributed by atoms with van der Waals surface area (Å²) in [4.78, 5) is 27.8.